The van der Waals surface area contributed by atoms with Gasteiger partial charge in [0, 0.05) is 22.5 Å². The van der Waals surface area contributed by atoms with Crippen LogP contribution in [-0.4, -0.2) is 39.1 Å². The van der Waals surface area contributed by atoms with Crippen LogP contribution in [0.1, 0.15) is 107 Å². The van der Waals surface area contributed by atoms with Gasteiger partial charge in [0.15, 0.2) is 0 Å². The first-order valence-electron chi connectivity index (χ1n) is 15.2. The van der Waals surface area contributed by atoms with Crippen molar-refractivity contribution in [1.29, 1.82) is 0 Å². The molecule has 2 aromatic rings. The highest BCUT2D eigenvalue weighted by Gasteiger charge is 2.56. The Morgan fingerprint density at radius 1 is 0.860 bits per heavy atom. The number of fused-ring (bicyclic) bond motifs is 1. The number of carboxylic acids is 1. The third kappa shape index (κ3) is 9.75. The molecule has 0 fully saturated rings. The Bertz CT molecular complexity index is 1170. The van der Waals surface area contributed by atoms with Crippen molar-refractivity contribution in [3.63, 3.8) is 0 Å². The lowest BCUT2D eigenvalue weighted by atomic mass is 9.68. The number of rotatable bonds is 17. The minimum atomic E-state index is -5.57. The van der Waals surface area contributed by atoms with Gasteiger partial charge < -0.3 is 15.3 Å². The van der Waals surface area contributed by atoms with Crippen molar-refractivity contribution in [3.05, 3.63) is 53.6 Å². The second kappa shape index (κ2) is 15.5. The fourth-order valence-electron chi connectivity index (χ4n) is 6.10. The second-order valence-electron chi connectivity index (χ2n) is 12.1. The largest absolute Gasteiger partial charge is 0.508 e. The maximum atomic E-state index is 13.0. The molecule has 3 N–H and O–H groups in total. The van der Waals surface area contributed by atoms with Crippen LogP contribution in [0.3, 0.4) is 0 Å². The molecule has 4 nitrogen and oxygen atoms in total. The lowest BCUT2D eigenvalue weighted by molar-refractivity contribution is -0.284. The molecule has 3 atom stereocenters. The summed E-state index contributed by atoms with van der Waals surface area (Å²) in [4.78, 5) is 12.6. The zero-order chi connectivity index (χ0) is 31.7. The summed E-state index contributed by atoms with van der Waals surface area (Å²) in [7, 11) is 0. The SMILES string of the molecule is CC1(c2ccc(O)cc2)CSc2cc(O)ccc2C1CCCCCCCCCC(CCCCC(F)(F)C(F)(F)F)C(=O)O. The number of carbonyl (C=O) groups is 1. The van der Waals surface area contributed by atoms with Crippen LogP contribution in [0.15, 0.2) is 47.4 Å². The van der Waals surface area contributed by atoms with Gasteiger partial charge in [-0.05, 0) is 67.0 Å². The van der Waals surface area contributed by atoms with E-state index in [1.165, 1.54) is 11.1 Å². The number of unbranched alkanes of at least 4 members (excludes halogenated alkanes) is 7. The van der Waals surface area contributed by atoms with E-state index in [4.69, 9.17) is 0 Å². The van der Waals surface area contributed by atoms with E-state index in [0.717, 1.165) is 55.6 Å². The van der Waals surface area contributed by atoms with Gasteiger partial charge in [0.1, 0.15) is 11.5 Å². The lowest BCUT2D eigenvalue weighted by Crippen LogP contribution is -2.36. The average Bonchev–Trinajstić information content (AvgIpc) is 2.93. The molecule has 0 spiro atoms. The van der Waals surface area contributed by atoms with Crippen LogP contribution in [0, 0.1) is 5.92 Å². The standard InChI is InChI=1S/C33H43F5O4S/c1-31(24-14-16-25(39)17-15-24)22-43-29-21-26(40)18-19-27(29)28(31)13-8-6-4-2-3-5-7-11-23(30(41)42)12-9-10-20-32(34,35)33(36,37)38/h14-19,21,23,28,39-40H,2-13,20,22H2,1H3,(H,41,42). The minimum absolute atomic E-state index is 0.0275. The summed E-state index contributed by atoms with van der Waals surface area (Å²) >= 11 is 1.75. The van der Waals surface area contributed by atoms with Crippen LogP contribution >= 0.6 is 11.8 Å². The number of aliphatic carboxylic acids is 1. The zero-order valence-electron chi connectivity index (χ0n) is 24.6. The predicted octanol–water partition coefficient (Wildman–Crippen LogP) is 10.2. The van der Waals surface area contributed by atoms with Gasteiger partial charge >= 0.3 is 18.1 Å². The van der Waals surface area contributed by atoms with Crippen molar-refractivity contribution in [3.8, 4) is 11.5 Å². The van der Waals surface area contributed by atoms with Gasteiger partial charge in [0.25, 0.3) is 0 Å². The number of carboxylic acid groups (broad SMARTS) is 1. The van der Waals surface area contributed by atoms with Gasteiger partial charge in [-0.15, -0.1) is 11.8 Å². The van der Waals surface area contributed by atoms with Crippen LogP contribution in [0.4, 0.5) is 22.0 Å². The molecule has 1 aliphatic heterocycles. The monoisotopic (exact) mass is 630 g/mol. The first kappa shape index (κ1) is 35.0. The predicted molar refractivity (Wildman–Crippen MR) is 159 cm³/mol. The van der Waals surface area contributed by atoms with Crippen LogP contribution in [0.25, 0.3) is 0 Å². The van der Waals surface area contributed by atoms with Gasteiger partial charge in [0.2, 0.25) is 0 Å². The van der Waals surface area contributed by atoms with Crippen molar-refractivity contribution in [2.75, 3.05) is 5.75 Å². The highest BCUT2D eigenvalue weighted by Crippen LogP contribution is 2.52. The quantitative estimate of drug-likeness (QED) is 0.120. The summed E-state index contributed by atoms with van der Waals surface area (Å²) in [5.41, 5.74) is 2.30. The van der Waals surface area contributed by atoms with E-state index in [2.05, 4.69) is 6.92 Å². The molecule has 3 rings (SSSR count). The number of thioether (sulfide) groups is 1. The summed E-state index contributed by atoms with van der Waals surface area (Å²) in [5.74, 6) is -4.85. The Balaban J connectivity index is 1.39. The first-order chi connectivity index (χ1) is 20.2. The van der Waals surface area contributed by atoms with Crippen molar-refractivity contribution in [1.82, 2.24) is 0 Å². The smallest absolute Gasteiger partial charge is 0.453 e. The molecule has 0 aliphatic carbocycles. The number of phenols is 2. The number of phenolic OH excluding ortho intramolecular Hbond substituents is 2. The summed E-state index contributed by atoms with van der Waals surface area (Å²) in [6.45, 7) is 2.27. The molecule has 2 aromatic carbocycles. The number of benzene rings is 2. The molecule has 43 heavy (non-hydrogen) atoms. The van der Waals surface area contributed by atoms with E-state index in [-0.39, 0.29) is 42.1 Å². The maximum absolute atomic E-state index is 13.0. The Morgan fingerprint density at radius 2 is 1.42 bits per heavy atom. The highest BCUT2D eigenvalue weighted by molar-refractivity contribution is 7.99. The number of alkyl halides is 5. The van der Waals surface area contributed by atoms with Gasteiger partial charge in [-0.3, -0.25) is 4.79 Å². The van der Waals surface area contributed by atoms with Gasteiger partial charge in [0.05, 0.1) is 5.92 Å². The fourth-order valence-corrected chi connectivity index (χ4v) is 7.51. The topological polar surface area (TPSA) is 77.8 Å². The summed E-state index contributed by atoms with van der Waals surface area (Å²) in [6, 6.07) is 13.1. The lowest BCUT2D eigenvalue weighted by Gasteiger charge is -2.43. The van der Waals surface area contributed by atoms with Crippen molar-refractivity contribution >= 4 is 17.7 Å². The van der Waals surface area contributed by atoms with E-state index in [0.29, 0.717) is 12.8 Å². The van der Waals surface area contributed by atoms with Crippen LogP contribution in [-0.2, 0) is 10.2 Å². The molecule has 240 valence electrons. The van der Waals surface area contributed by atoms with Crippen molar-refractivity contribution < 1.29 is 42.1 Å². The van der Waals surface area contributed by atoms with Gasteiger partial charge in [-0.25, -0.2) is 0 Å². The Labute approximate surface area is 255 Å². The van der Waals surface area contributed by atoms with Crippen LogP contribution < -0.4 is 0 Å². The third-order valence-corrected chi connectivity index (χ3v) is 10.2. The third-order valence-electron chi connectivity index (χ3n) is 8.80. The fraction of sp³-hybridized carbons (Fsp3) is 0.606. The van der Waals surface area contributed by atoms with Crippen LogP contribution in [0.2, 0.25) is 0 Å². The Hall–Kier alpha value is -2.49. The summed E-state index contributed by atoms with van der Waals surface area (Å²) in [5, 5.41) is 29.2. The highest BCUT2D eigenvalue weighted by atomic mass is 32.2. The molecular formula is C33H43F5O4S. The molecule has 0 amide bonds. The van der Waals surface area contributed by atoms with E-state index in [1.807, 2.05) is 24.3 Å². The molecular weight excluding hydrogens is 587 g/mol. The van der Waals surface area contributed by atoms with E-state index >= 15 is 0 Å². The minimum Gasteiger partial charge on any atom is -0.508 e. The molecule has 10 heteroatoms. The van der Waals surface area contributed by atoms with E-state index in [9.17, 15) is 42.1 Å². The van der Waals surface area contributed by atoms with Gasteiger partial charge in [-0.1, -0.05) is 76.5 Å². The number of aromatic hydroxyl groups is 2. The maximum Gasteiger partial charge on any atom is 0.453 e. The van der Waals surface area contributed by atoms with Gasteiger partial charge in [-0.2, -0.15) is 22.0 Å². The Morgan fingerprint density at radius 3 is 2.02 bits per heavy atom. The van der Waals surface area contributed by atoms with E-state index in [1.54, 1.807) is 30.0 Å². The molecule has 3 unspecified atom stereocenters. The number of halogens is 5. The Kier molecular flexibility index (Phi) is 12.6. The first-order valence-corrected chi connectivity index (χ1v) is 16.2. The molecule has 1 aliphatic rings. The zero-order valence-corrected chi connectivity index (χ0v) is 25.5. The molecule has 1 heterocycles. The summed E-state index contributed by atoms with van der Waals surface area (Å²) < 4.78 is 62.9. The number of hydrogen-bond acceptors (Lipinski definition) is 4. The van der Waals surface area contributed by atoms with Crippen LogP contribution in [0.5, 0.6) is 11.5 Å². The summed E-state index contributed by atoms with van der Waals surface area (Å²) in [6.07, 6.45) is 0.939. The number of hydrogen-bond donors (Lipinski definition) is 3. The normalized spacial score (nSPS) is 19.6. The molecule has 0 bridgehead atoms. The van der Waals surface area contributed by atoms with Crippen molar-refractivity contribution in [2.45, 2.75) is 119 Å². The van der Waals surface area contributed by atoms with Crippen molar-refractivity contribution in [2.24, 2.45) is 5.92 Å². The molecule has 0 saturated carbocycles. The second-order valence-corrected chi connectivity index (χ2v) is 13.1. The molecule has 0 radical (unpaired) electrons. The molecule has 0 saturated heterocycles. The van der Waals surface area contributed by atoms with E-state index < -0.39 is 30.4 Å². The average molecular weight is 631 g/mol. The molecule has 0 aromatic heterocycles.